The molecule has 24 heavy (non-hydrogen) atoms. The molecule has 1 heterocycles. The number of ether oxygens (including phenoxy) is 1. The summed E-state index contributed by atoms with van der Waals surface area (Å²) >= 11 is 0. The van der Waals surface area contributed by atoms with Gasteiger partial charge >= 0.3 is 0 Å². The molecule has 2 rings (SSSR count). The molecule has 2 fully saturated rings. The van der Waals surface area contributed by atoms with E-state index in [1.165, 1.54) is 6.42 Å². The highest BCUT2D eigenvalue weighted by Crippen LogP contribution is 2.43. The first-order valence-corrected chi connectivity index (χ1v) is 9.55. The zero-order valence-electron chi connectivity index (χ0n) is 15.9. The predicted molar refractivity (Wildman–Crippen MR) is 94.3 cm³/mol. The Morgan fingerprint density at radius 3 is 2.62 bits per heavy atom. The van der Waals surface area contributed by atoms with Gasteiger partial charge in [-0.25, -0.2) is 0 Å². The van der Waals surface area contributed by atoms with Gasteiger partial charge in [0, 0.05) is 12.5 Å². The highest BCUT2D eigenvalue weighted by atomic mass is 16.5. The molecule has 1 saturated carbocycles. The van der Waals surface area contributed by atoms with Gasteiger partial charge in [0.15, 0.2) is 0 Å². The maximum Gasteiger partial charge on any atom is 0.245 e. The zero-order chi connectivity index (χ0) is 17.9. The Morgan fingerprint density at radius 2 is 2.04 bits per heavy atom. The van der Waals surface area contributed by atoms with E-state index in [1.54, 1.807) is 4.90 Å². The molecule has 0 aromatic carbocycles. The summed E-state index contributed by atoms with van der Waals surface area (Å²) in [4.78, 5) is 27.5. The minimum atomic E-state index is -0.568. The van der Waals surface area contributed by atoms with Gasteiger partial charge in [0.1, 0.15) is 11.8 Å². The monoisotopic (exact) mass is 338 g/mol. The van der Waals surface area contributed by atoms with E-state index >= 15 is 0 Å². The van der Waals surface area contributed by atoms with Crippen LogP contribution in [0.1, 0.15) is 73.1 Å². The van der Waals surface area contributed by atoms with E-state index < -0.39 is 11.8 Å². The smallest absolute Gasteiger partial charge is 0.245 e. The van der Waals surface area contributed by atoms with Gasteiger partial charge in [-0.15, -0.1) is 0 Å². The second-order valence-electron chi connectivity index (χ2n) is 8.15. The van der Waals surface area contributed by atoms with E-state index in [0.29, 0.717) is 18.9 Å². The van der Waals surface area contributed by atoms with Gasteiger partial charge in [0.25, 0.3) is 0 Å². The maximum atomic E-state index is 13.0. The van der Waals surface area contributed by atoms with Crippen LogP contribution in [0.25, 0.3) is 0 Å². The molecule has 5 nitrogen and oxygen atoms in total. The number of hydrogen-bond acceptors (Lipinski definition) is 3. The summed E-state index contributed by atoms with van der Waals surface area (Å²) in [6.07, 6.45) is 5.24. The lowest BCUT2D eigenvalue weighted by Crippen LogP contribution is -2.57. The molecule has 138 valence electrons. The van der Waals surface area contributed by atoms with Crippen molar-refractivity contribution in [2.45, 2.75) is 91.0 Å². The van der Waals surface area contributed by atoms with Crippen molar-refractivity contribution >= 4 is 11.8 Å². The molecule has 0 aromatic rings. The fourth-order valence-electron chi connectivity index (χ4n) is 3.97. The van der Waals surface area contributed by atoms with Crippen LogP contribution in [0, 0.1) is 11.8 Å². The Balaban J connectivity index is 2.23. The zero-order valence-corrected chi connectivity index (χ0v) is 15.9. The summed E-state index contributed by atoms with van der Waals surface area (Å²) in [7, 11) is 0. The van der Waals surface area contributed by atoms with Crippen LogP contribution in [-0.2, 0) is 14.3 Å². The maximum absolute atomic E-state index is 13.0. The van der Waals surface area contributed by atoms with E-state index in [1.807, 2.05) is 27.7 Å². The number of carbonyl (C=O) groups is 2. The van der Waals surface area contributed by atoms with Crippen LogP contribution in [0.2, 0.25) is 0 Å². The SMILES string of the molecule is CC[C@H](C)NC(=O)[C@@H]1CO[C@]2(CCC[C@H](C)C2)N1C(=O)CC(C)C. The largest absolute Gasteiger partial charge is 0.353 e. The minimum Gasteiger partial charge on any atom is -0.353 e. The van der Waals surface area contributed by atoms with Gasteiger partial charge in [0.05, 0.1) is 6.61 Å². The minimum absolute atomic E-state index is 0.0564. The highest BCUT2D eigenvalue weighted by molar-refractivity contribution is 5.89. The molecule has 0 bridgehead atoms. The highest BCUT2D eigenvalue weighted by Gasteiger charge is 2.53. The number of carbonyl (C=O) groups excluding carboxylic acids is 2. The molecule has 1 aliphatic carbocycles. The van der Waals surface area contributed by atoms with Gasteiger partial charge in [-0.1, -0.05) is 34.1 Å². The number of amides is 2. The first-order chi connectivity index (χ1) is 11.3. The van der Waals surface area contributed by atoms with Crippen LogP contribution in [0.4, 0.5) is 0 Å². The van der Waals surface area contributed by atoms with Gasteiger partial charge in [-0.2, -0.15) is 0 Å². The summed E-state index contributed by atoms with van der Waals surface area (Å²) < 4.78 is 6.16. The van der Waals surface area contributed by atoms with Crippen LogP contribution in [-0.4, -0.2) is 41.1 Å². The van der Waals surface area contributed by atoms with Crippen molar-refractivity contribution in [2.24, 2.45) is 11.8 Å². The summed E-state index contributed by atoms with van der Waals surface area (Å²) in [5.41, 5.74) is -0.568. The molecule has 1 saturated heterocycles. The van der Waals surface area contributed by atoms with Crippen molar-refractivity contribution in [1.29, 1.82) is 0 Å². The van der Waals surface area contributed by atoms with Crippen LogP contribution in [0.5, 0.6) is 0 Å². The van der Waals surface area contributed by atoms with Crippen molar-refractivity contribution in [1.82, 2.24) is 10.2 Å². The number of nitrogens with zero attached hydrogens (tertiary/aromatic N) is 1. The third kappa shape index (κ3) is 4.11. The lowest BCUT2D eigenvalue weighted by atomic mass is 9.83. The first kappa shape index (κ1) is 19.2. The fourth-order valence-corrected chi connectivity index (χ4v) is 3.97. The predicted octanol–water partition coefficient (Wildman–Crippen LogP) is 3.08. The molecule has 0 unspecified atom stereocenters. The molecule has 0 radical (unpaired) electrons. The molecule has 0 aromatic heterocycles. The van der Waals surface area contributed by atoms with Crippen LogP contribution >= 0.6 is 0 Å². The van der Waals surface area contributed by atoms with Crippen molar-refractivity contribution in [3.8, 4) is 0 Å². The average molecular weight is 338 g/mol. The van der Waals surface area contributed by atoms with E-state index in [0.717, 1.165) is 25.7 Å². The molecule has 2 amide bonds. The summed E-state index contributed by atoms with van der Waals surface area (Å²) in [5.74, 6) is 0.774. The van der Waals surface area contributed by atoms with E-state index in [2.05, 4.69) is 12.2 Å². The average Bonchev–Trinajstić information content (AvgIpc) is 2.84. The Morgan fingerprint density at radius 1 is 1.33 bits per heavy atom. The molecule has 1 aliphatic heterocycles. The quantitative estimate of drug-likeness (QED) is 0.838. The van der Waals surface area contributed by atoms with Crippen LogP contribution in [0.3, 0.4) is 0 Å². The standard InChI is InChI=1S/C19H34N2O3/c1-6-15(5)20-18(23)16-12-24-19(9-7-8-14(4)11-19)21(16)17(22)10-13(2)3/h13-16H,6-12H2,1-5H3,(H,20,23)/t14-,15-,16-,19-/m0/s1. The number of hydrogen-bond donors (Lipinski definition) is 1. The van der Waals surface area contributed by atoms with E-state index in [9.17, 15) is 9.59 Å². The second kappa shape index (κ2) is 7.85. The summed E-state index contributed by atoms with van der Waals surface area (Å²) in [5, 5.41) is 3.03. The third-order valence-electron chi connectivity index (χ3n) is 5.35. The lowest BCUT2D eigenvalue weighted by Gasteiger charge is -2.43. The molecule has 4 atom stereocenters. The van der Waals surface area contributed by atoms with E-state index in [4.69, 9.17) is 4.74 Å². The Bertz CT molecular complexity index is 466. The fraction of sp³-hybridized carbons (Fsp3) is 0.895. The van der Waals surface area contributed by atoms with Crippen molar-refractivity contribution in [3.05, 3.63) is 0 Å². The van der Waals surface area contributed by atoms with Gasteiger partial charge in [0.2, 0.25) is 11.8 Å². The summed E-state index contributed by atoms with van der Waals surface area (Å²) in [6, 6.07) is -0.378. The summed E-state index contributed by atoms with van der Waals surface area (Å²) in [6.45, 7) is 10.6. The number of nitrogens with one attached hydrogen (secondary N) is 1. The second-order valence-corrected chi connectivity index (χ2v) is 8.15. The first-order valence-electron chi connectivity index (χ1n) is 9.55. The molecule has 2 aliphatic rings. The Kier molecular flexibility index (Phi) is 6.29. The topological polar surface area (TPSA) is 58.6 Å². The Labute approximate surface area is 146 Å². The van der Waals surface area contributed by atoms with Gasteiger partial charge in [-0.3, -0.25) is 14.5 Å². The van der Waals surface area contributed by atoms with Crippen molar-refractivity contribution in [3.63, 3.8) is 0 Å². The van der Waals surface area contributed by atoms with Crippen LogP contribution < -0.4 is 5.32 Å². The van der Waals surface area contributed by atoms with Crippen molar-refractivity contribution in [2.75, 3.05) is 6.61 Å². The third-order valence-corrected chi connectivity index (χ3v) is 5.35. The Hall–Kier alpha value is -1.10. The molecule has 5 heteroatoms. The lowest BCUT2D eigenvalue weighted by molar-refractivity contribution is -0.163. The molecular formula is C19H34N2O3. The normalized spacial score (nSPS) is 31.5. The molecule has 1 N–H and O–H groups in total. The van der Waals surface area contributed by atoms with E-state index in [-0.39, 0.29) is 23.8 Å². The van der Waals surface area contributed by atoms with Crippen molar-refractivity contribution < 1.29 is 14.3 Å². The molecular weight excluding hydrogens is 304 g/mol. The van der Waals surface area contributed by atoms with Gasteiger partial charge in [-0.05, 0) is 44.4 Å². The van der Waals surface area contributed by atoms with Gasteiger partial charge < -0.3 is 10.1 Å². The molecule has 1 spiro atoms. The number of rotatable bonds is 5. The van der Waals surface area contributed by atoms with Crippen LogP contribution in [0.15, 0.2) is 0 Å².